The van der Waals surface area contributed by atoms with Crippen molar-refractivity contribution in [3.63, 3.8) is 0 Å². The predicted molar refractivity (Wildman–Crippen MR) is 57.3 cm³/mol. The number of aromatic nitrogens is 1. The molecular weight excluding hydrogens is 186 g/mol. The SMILES string of the molecule is C/C=C(/Cl)c1ccn(C)c1N=CN. The molecule has 0 spiro atoms. The van der Waals surface area contributed by atoms with Gasteiger partial charge in [-0.2, -0.15) is 0 Å². The third kappa shape index (κ3) is 1.92. The minimum absolute atomic E-state index is 0.682. The van der Waals surface area contributed by atoms with Crippen molar-refractivity contribution >= 4 is 28.8 Å². The zero-order valence-corrected chi connectivity index (χ0v) is 8.42. The molecule has 3 nitrogen and oxygen atoms in total. The standard InChI is InChI=1S/C9H12ClN3/c1-3-8(10)7-4-5-13(2)9(7)12-6-11/h3-6H,1-2H3,(H2,11,12)/b8-3+. The number of halogens is 1. The van der Waals surface area contributed by atoms with Gasteiger partial charge in [0.2, 0.25) is 0 Å². The van der Waals surface area contributed by atoms with Crippen molar-refractivity contribution in [1.29, 1.82) is 0 Å². The fourth-order valence-corrected chi connectivity index (χ4v) is 1.24. The summed E-state index contributed by atoms with van der Waals surface area (Å²) in [4.78, 5) is 4.03. The molecule has 1 aromatic heterocycles. The fraction of sp³-hybridized carbons (Fsp3) is 0.222. The van der Waals surface area contributed by atoms with Crippen LogP contribution in [-0.4, -0.2) is 10.9 Å². The topological polar surface area (TPSA) is 43.3 Å². The lowest BCUT2D eigenvalue weighted by Crippen LogP contribution is -1.91. The largest absolute Gasteiger partial charge is 0.390 e. The lowest BCUT2D eigenvalue weighted by molar-refractivity contribution is 0.925. The summed E-state index contributed by atoms with van der Waals surface area (Å²) in [5, 5.41) is 0.682. The average molecular weight is 198 g/mol. The first-order valence-electron chi connectivity index (χ1n) is 3.92. The lowest BCUT2D eigenvalue weighted by atomic mass is 10.3. The minimum Gasteiger partial charge on any atom is -0.390 e. The van der Waals surface area contributed by atoms with E-state index >= 15 is 0 Å². The molecule has 2 N–H and O–H groups in total. The Bertz CT molecular complexity index is 350. The Balaban J connectivity index is 3.22. The van der Waals surface area contributed by atoms with Crippen LogP contribution in [0.25, 0.3) is 5.03 Å². The highest BCUT2D eigenvalue weighted by molar-refractivity contribution is 6.49. The zero-order valence-electron chi connectivity index (χ0n) is 7.66. The molecule has 70 valence electrons. The van der Waals surface area contributed by atoms with Crippen LogP contribution < -0.4 is 5.73 Å². The van der Waals surface area contributed by atoms with E-state index in [0.29, 0.717) is 5.03 Å². The van der Waals surface area contributed by atoms with Gasteiger partial charge in [0.05, 0.1) is 6.34 Å². The first-order valence-corrected chi connectivity index (χ1v) is 4.30. The van der Waals surface area contributed by atoms with Crippen LogP contribution in [0.15, 0.2) is 23.3 Å². The van der Waals surface area contributed by atoms with Gasteiger partial charge in [0, 0.05) is 23.8 Å². The highest BCUT2D eigenvalue weighted by Gasteiger charge is 2.07. The van der Waals surface area contributed by atoms with Gasteiger partial charge in [-0.3, -0.25) is 0 Å². The van der Waals surface area contributed by atoms with Gasteiger partial charge in [0.15, 0.2) is 0 Å². The van der Waals surface area contributed by atoms with Gasteiger partial charge in [0.1, 0.15) is 5.82 Å². The number of allylic oxidation sites excluding steroid dienone is 1. The third-order valence-corrected chi connectivity index (χ3v) is 2.17. The van der Waals surface area contributed by atoms with Crippen molar-refractivity contribution in [2.75, 3.05) is 0 Å². The summed E-state index contributed by atoms with van der Waals surface area (Å²) in [7, 11) is 1.89. The van der Waals surface area contributed by atoms with Gasteiger partial charge >= 0.3 is 0 Å². The van der Waals surface area contributed by atoms with E-state index in [2.05, 4.69) is 4.99 Å². The Morgan fingerprint density at radius 2 is 2.38 bits per heavy atom. The van der Waals surface area contributed by atoms with Gasteiger partial charge < -0.3 is 10.3 Å². The van der Waals surface area contributed by atoms with Crippen molar-refractivity contribution in [2.24, 2.45) is 17.8 Å². The zero-order chi connectivity index (χ0) is 9.84. The third-order valence-electron chi connectivity index (χ3n) is 1.75. The highest BCUT2D eigenvalue weighted by Crippen LogP contribution is 2.29. The van der Waals surface area contributed by atoms with E-state index in [4.69, 9.17) is 17.3 Å². The maximum atomic E-state index is 5.98. The molecule has 13 heavy (non-hydrogen) atoms. The van der Waals surface area contributed by atoms with Gasteiger partial charge in [0.25, 0.3) is 0 Å². The van der Waals surface area contributed by atoms with Gasteiger partial charge in [-0.1, -0.05) is 17.7 Å². The van der Waals surface area contributed by atoms with Crippen LogP contribution in [0.3, 0.4) is 0 Å². The number of hydrogen-bond acceptors (Lipinski definition) is 1. The summed E-state index contributed by atoms with van der Waals surface area (Å²) in [6.45, 7) is 1.88. The molecule has 1 aromatic rings. The van der Waals surface area contributed by atoms with Crippen LogP contribution in [0.5, 0.6) is 0 Å². The summed E-state index contributed by atoms with van der Waals surface area (Å²) in [5.74, 6) is 0.769. The molecular formula is C9H12ClN3. The molecule has 0 fully saturated rings. The predicted octanol–water partition coefficient (Wildman–Crippen LogP) is 2.24. The molecule has 0 radical (unpaired) electrons. The molecule has 0 aliphatic carbocycles. The summed E-state index contributed by atoms with van der Waals surface area (Å²) in [5.41, 5.74) is 6.13. The van der Waals surface area contributed by atoms with Crippen LogP contribution in [0.4, 0.5) is 5.82 Å². The van der Waals surface area contributed by atoms with Crippen LogP contribution in [-0.2, 0) is 7.05 Å². The monoisotopic (exact) mass is 197 g/mol. The molecule has 0 aromatic carbocycles. The van der Waals surface area contributed by atoms with Crippen LogP contribution in [0.1, 0.15) is 12.5 Å². The first kappa shape index (κ1) is 9.86. The molecule has 0 aliphatic rings. The molecule has 1 heterocycles. The van der Waals surface area contributed by atoms with E-state index in [1.54, 1.807) is 0 Å². The van der Waals surface area contributed by atoms with Crippen molar-refractivity contribution in [2.45, 2.75) is 6.92 Å². The average Bonchev–Trinajstić information content (AvgIpc) is 2.48. The molecule has 0 aliphatic heterocycles. The van der Waals surface area contributed by atoms with Gasteiger partial charge in [-0.15, -0.1) is 0 Å². The maximum absolute atomic E-state index is 5.98. The van der Waals surface area contributed by atoms with E-state index in [1.165, 1.54) is 6.34 Å². The second kappa shape index (κ2) is 4.14. The van der Waals surface area contributed by atoms with E-state index in [0.717, 1.165) is 11.4 Å². The Morgan fingerprint density at radius 1 is 1.69 bits per heavy atom. The summed E-state index contributed by atoms with van der Waals surface area (Å²) in [6, 6.07) is 1.91. The smallest absolute Gasteiger partial charge is 0.142 e. The van der Waals surface area contributed by atoms with E-state index in [1.807, 2.05) is 36.9 Å². The van der Waals surface area contributed by atoms with Crippen molar-refractivity contribution < 1.29 is 0 Å². The second-order valence-corrected chi connectivity index (χ2v) is 2.99. The highest BCUT2D eigenvalue weighted by atomic mass is 35.5. The Labute approximate surface area is 82.5 Å². The summed E-state index contributed by atoms with van der Waals surface area (Å²) < 4.78 is 1.87. The molecule has 0 saturated heterocycles. The Morgan fingerprint density at radius 3 is 2.92 bits per heavy atom. The molecule has 4 heteroatoms. The van der Waals surface area contributed by atoms with Gasteiger partial charge in [-0.25, -0.2) is 4.99 Å². The molecule has 0 bridgehead atoms. The van der Waals surface area contributed by atoms with Crippen LogP contribution in [0, 0.1) is 0 Å². The number of hydrogen-bond donors (Lipinski definition) is 1. The van der Waals surface area contributed by atoms with E-state index in [9.17, 15) is 0 Å². The van der Waals surface area contributed by atoms with Crippen molar-refractivity contribution in [3.05, 3.63) is 23.9 Å². The molecule has 0 amide bonds. The molecule has 0 saturated carbocycles. The van der Waals surface area contributed by atoms with E-state index < -0.39 is 0 Å². The Hall–Kier alpha value is -1.22. The Kier molecular flexibility index (Phi) is 3.14. The normalized spacial score (nSPS) is 12.7. The minimum atomic E-state index is 0.682. The van der Waals surface area contributed by atoms with Crippen molar-refractivity contribution in [1.82, 2.24) is 4.57 Å². The number of rotatable bonds is 2. The number of nitrogens with zero attached hydrogens (tertiary/aromatic N) is 2. The molecule has 0 unspecified atom stereocenters. The van der Waals surface area contributed by atoms with Crippen LogP contribution >= 0.6 is 11.6 Å². The van der Waals surface area contributed by atoms with Crippen LogP contribution in [0.2, 0.25) is 0 Å². The number of aryl methyl sites for hydroxylation is 1. The maximum Gasteiger partial charge on any atom is 0.142 e. The fourth-order valence-electron chi connectivity index (χ4n) is 1.09. The number of aliphatic imine (C=N–C) groups is 1. The second-order valence-electron chi connectivity index (χ2n) is 2.58. The van der Waals surface area contributed by atoms with Gasteiger partial charge in [-0.05, 0) is 13.0 Å². The summed E-state index contributed by atoms with van der Waals surface area (Å²) >= 11 is 5.98. The quantitative estimate of drug-likeness (QED) is 0.574. The van der Waals surface area contributed by atoms with E-state index in [-0.39, 0.29) is 0 Å². The molecule has 0 atom stereocenters. The first-order chi connectivity index (χ1) is 6.20. The lowest BCUT2D eigenvalue weighted by Gasteiger charge is -1.99. The van der Waals surface area contributed by atoms with Crippen molar-refractivity contribution in [3.8, 4) is 0 Å². The summed E-state index contributed by atoms with van der Waals surface area (Å²) in [6.07, 6.45) is 4.98. The molecule has 1 rings (SSSR count). The number of nitrogens with two attached hydrogens (primary N) is 1.